The molecule has 2 amide bonds. The van der Waals surface area contributed by atoms with Gasteiger partial charge >= 0.3 is 6.18 Å². The molecule has 0 radical (unpaired) electrons. The van der Waals surface area contributed by atoms with Gasteiger partial charge in [-0.05, 0) is 42.0 Å². The van der Waals surface area contributed by atoms with E-state index in [0.29, 0.717) is 6.07 Å². The van der Waals surface area contributed by atoms with Gasteiger partial charge in [0.05, 0.1) is 5.56 Å². The van der Waals surface area contributed by atoms with Gasteiger partial charge in [-0.25, -0.2) is 4.39 Å². The number of halogens is 4. The number of nitrogens with one attached hydrogen (secondary N) is 1. The van der Waals surface area contributed by atoms with E-state index in [4.69, 9.17) is 5.73 Å². The van der Waals surface area contributed by atoms with Crippen molar-refractivity contribution < 1.29 is 27.2 Å². The van der Waals surface area contributed by atoms with E-state index in [-0.39, 0.29) is 16.7 Å². The Kier molecular flexibility index (Phi) is 4.87. The molecule has 0 aromatic heterocycles. The van der Waals surface area contributed by atoms with Gasteiger partial charge in [-0.2, -0.15) is 13.2 Å². The van der Waals surface area contributed by atoms with Gasteiger partial charge in [0.2, 0.25) is 5.91 Å². The Morgan fingerprint density at radius 2 is 1.58 bits per heavy atom. The van der Waals surface area contributed by atoms with Gasteiger partial charge in [0.15, 0.2) is 0 Å². The van der Waals surface area contributed by atoms with Gasteiger partial charge in [0.25, 0.3) is 5.91 Å². The van der Waals surface area contributed by atoms with Gasteiger partial charge in [0.1, 0.15) is 5.82 Å². The number of amides is 2. The van der Waals surface area contributed by atoms with Crippen LogP contribution in [0.15, 0.2) is 42.5 Å². The Hall–Kier alpha value is -2.90. The van der Waals surface area contributed by atoms with Gasteiger partial charge < -0.3 is 11.1 Å². The van der Waals surface area contributed by atoms with Crippen molar-refractivity contribution in [3.63, 3.8) is 0 Å². The van der Waals surface area contributed by atoms with Crippen LogP contribution in [0, 0.1) is 5.82 Å². The molecule has 2 aromatic carbocycles. The molecule has 0 aliphatic carbocycles. The first-order valence-corrected chi connectivity index (χ1v) is 6.72. The van der Waals surface area contributed by atoms with Crippen molar-refractivity contribution in [2.24, 2.45) is 5.73 Å². The summed E-state index contributed by atoms with van der Waals surface area (Å²) >= 11 is 0. The van der Waals surface area contributed by atoms with Gasteiger partial charge in [0, 0.05) is 17.7 Å². The summed E-state index contributed by atoms with van der Waals surface area (Å²) in [7, 11) is 0. The zero-order chi connectivity index (χ0) is 17.9. The van der Waals surface area contributed by atoms with Crippen LogP contribution in [-0.4, -0.2) is 11.8 Å². The van der Waals surface area contributed by atoms with Crippen LogP contribution in [0.1, 0.15) is 31.8 Å². The van der Waals surface area contributed by atoms with E-state index >= 15 is 0 Å². The standard InChI is InChI=1S/C16H12F4N2O2/c17-12-6-5-11(13(7-12)16(18,19)20)8-22-15(24)10-3-1-9(2-4-10)14(21)23/h1-7H,8H2,(H2,21,23)(H,22,24). The molecule has 2 rings (SSSR count). The van der Waals surface area contributed by atoms with Crippen LogP contribution in [0.3, 0.4) is 0 Å². The zero-order valence-electron chi connectivity index (χ0n) is 12.2. The van der Waals surface area contributed by atoms with E-state index < -0.39 is 35.9 Å². The summed E-state index contributed by atoms with van der Waals surface area (Å²) in [6.07, 6.45) is -4.73. The van der Waals surface area contributed by atoms with Crippen molar-refractivity contribution in [3.8, 4) is 0 Å². The predicted molar refractivity (Wildman–Crippen MR) is 77.5 cm³/mol. The maximum atomic E-state index is 13.0. The maximum Gasteiger partial charge on any atom is 0.416 e. The molecule has 0 saturated heterocycles. The fourth-order valence-corrected chi connectivity index (χ4v) is 2.03. The number of benzene rings is 2. The van der Waals surface area contributed by atoms with E-state index in [0.717, 1.165) is 12.1 Å². The fraction of sp³-hybridized carbons (Fsp3) is 0.125. The van der Waals surface area contributed by atoms with Gasteiger partial charge in [-0.1, -0.05) is 6.07 Å². The third kappa shape index (κ3) is 4.09. The Labute approximate surface area is 134 Å². The number of primary amides is 1. The molecule has 3 N–H and O–H groups in total. The first-order valence-electron chi connectivity index (χ1n) is 6.72. The highest BCUT2D eigenvalue weighted by Crippen LogP contribution is 2.32. The van der Waals surface area contributed by atoms with Crippen LogP contribution in [0.2, 0.25) is 0 Å². The van der Waals surface area contributed by atoms with Crippen LogP contribution < -0.4 is 11.1 Å². The molecular formula is C16H12F4N2O2. The highest BCUT2D eigenvalue weighted by molar-refractivity contribution is 5.97. The van der Waals surface area contributed by atoms with Crippen LogP contribution in [0.4, 0.5) is 17.6 Å². The van der Waals surface area contributed by atoms with Crippen LogP contribution in [0.25, 0.3) is 0 Å². The molecule has 0 heterocycles. The molecule has 126 valence electrons. The highest BCUT2D eigenvalue weighted by Gasteiger charge is 2.33. The SMILES string of the molecule is NC(=O)c1ccc(C(=O)NCc2ccc(F)cc2C(F)(F)F)cc1. The normalized spacial score (nSPS) is 11.2. The molecule has 0 bridgehead atoms. The van der Waals surface area contributed by atoms with Crippen molar-refractivity contribution in [1.29, 1.82) is 0 Å². The maximum absolute atomic E-state index is 13.0. The minimum Gasteiger partial charge on any atom is -0.366 e. The average Bonchev–Trinajstić information content (AvgIpc) is 2.52. The number of carbonyl (C=O) groups excluding carboxylic acids is 2. The third-order valence-corrected chi connectivity index (χ3v) is 3.25. The molecule has 2 aromatic rings. The van der Waals surface area contributed by atoms with Crippen LogP contribution in [0.5, 0.6) is 0 Å². The van der Waals surface area contributed by atoms with Crippen LogP contribution >= 0.6 is 0 Å². The average molecular weight is 340 g/mol. The predicted octanol–water partition coefficient (Wildman–Crippen LogP) is 2.87. The van der Waals surface area contributed by atoms with E-state index in [1.165, 1.54) is 24.3 Å². The monoisotopic (exact) mass is 340 g/mol. The van der Waals surface area contributed by atoms with Crippen molar-refractivity contribution in [2.45, 2.75) is 12.7 Å². The molecule has 0 spiro atoms. The summed E-state index contributed by atoms with van der Waals surface area (Å²) in [5.74, 6) is -2.31. The molecule has 24 heavy (non-hydrogen) atoms. The summed E-state index contributed by atoms with van der Waals surface area (Å²) < 4.78 is 51.6. The quantitative estimate of drug-likeness (QED) is 0.840. The second-order valence-corrected chi connectivity index (χ2v) is 4.92. The second kappa shape index (κ2) is 6.69. The number of hydrogen-bond acceptors (Lipinski definition) is 2. The Morgan fingerprint density at radius 3 is 2.12 bits per heavy atom. The molecule has 0 fully saturated rings. The van der Waals surface area contributed by atoms with E-state index in [9.17, 15) is 27.2 Å². The van der Waals surface area contributed by atoms with Crippen LogP contribution in [-0.2, 0) is 12.7 Å². The largest absolute Gasteiger partial charge is 0.416 e. The molecule has 8 heteroatoms. The molecule has 0 atom stereocenters. The first kappa shape index (κ1) is 17.5. The summed E-state index contributed by atoms with van der Waals surface area (Å²) in [5, 5.41) is 2.32. The number of carbonyl (C=O) groups is 2. The van der Waals surface area contributed by atoms with Crippen molar-refractivity contribution in [2.75, 3.05) is 0 Å². The number of rotatable bonds is 4. The van der Waals surface area contributed by atoms with Crippen molar-refractivity contribution in [1.82, 2.24) is 5.32 Å². The topological polar surface area (TPSA) is 72.2 Å². The summed E-state index contributed by atoms with van der Waals surface area (Å²) in [5.41, 5.74) is 4.01. The minimum absolute atomic E-state index is 0.149. The molecule has 4 nitrogen and oxygen atoms in total. The van der Waals surface area contributed by atoms with E-state index in [2.05, 4.69) is 5.32 Å². The fourth-order valence-electron chi connectivity index (χ4n) is 2.03. The summed E-state index contributed by atoms with van der Waals surface area (Å²) in [6.45, 7) is -0.425. The zero-order valence-corrected chi connectivity index (χ0v) is 12.2. The summed E-state index contributed by atoms with van der Waals surface area (Å²) in [6, 6.07) is 7.54. The third-order valence-electron chi connectivity index (χ3n) is 3.25. The van der Waals surface area contributed by atoms with Crippen molar-refractivity contribution >= 4 is 11.8 Å². The van der Waals surface area contributed by atoms with Gasteiger partial charge in [-0.15, -0.1) is 0 Å². The first-order chi connectivity index (χ1) is 11.2. The minimum atomic E-state index is -4.73. The molecule has 0 aliphatic rings. The lowest BCUT2D eigenvalue weighted by atomic mass is 10.1. The number of alkyl halides is 3. The highest BCUT2D eigenvalue weighted by atomic mass is 19.4. The lowest BCUT2D eigenvalue weighted by Crippen LogP contribution is -2.24. The lowest BCUT2D eigenvalue weighted by Gasteiger charge is -2.13. The number of hydrogen-bond donors (Lipinski definition) is 2. The van der Waals surface area contributed by atoms with Crippen molar-refractivity contribution in [3.05, 3.63) is 70.5 Å². The van der Waals surface area contributed by atoms with Gasteiger partial charge in [-0.3, -0.25) is 9.59 Å². The smallest absolute Gasteiger partial charge is 0.366 e. The molecule has 0 aliphatic heterocycles. The number of nitrogens with two attached hydrogens (primary N) is 1. The summed E-state index contributed by atoms with van der Waals surface area (Å²) in [4.78, 5) is 22.9. The van der Waals surface area contributed by atoms with E-state index in [1.807, 2.05) is 0 Å². The second-order valence-electron chi connectivity index (χ2n) is 4.92. The molecular weight excluding hydrogens is 328 g/mol. The Balaban J connectivity index is 2.13. The van der Waals surface area contributed by atoms with E-state index in [1.54, 1.807) is 0 Å². The molecule has 0 saturated carbocycles. The Morgan fingerprint density at radius 1 is 1.00 bits per heavy atom. The molecule has 0 unspecified atom stereocenters. The Bertz CT molecular complexity index is 771. The lowest BCUT2D eigenvalue weighted by molar-refractivity contribution is -0.138.